The molecule has 1 aromatic carbocycles. The number of alkyl halides is 1. The summed E-state index contributed by atoms with van der Waals surface area (Å²) in [6, 6.07) is 8.34. The Hall–Kier alpha value is -0.0800. The maximum Gasteiger partial charge on any atom is 0.0285 e. The van der Waals surface area contributed by atoms with Crippen LogP contribution in [0.5, 0.6) is 0 Å². The Kier molecular flexibility index (Phi) is 4.02. The molecule has 0 aliphatic carbocycles. The molecule has 1 aromatic rings. The van der Waals surface area contributed by atoms with E-state index in [9.17, 15) is 0 Å². The van der Waals surface area contributed by atoms with E-state index in [2.05, 4.69) is 69.1 Å². The van der Waals surface area contributed by atoms with E-state index in [0.717, 1.165) is 9.80 Å². The van der Waals surface area contributed by atoms with Gasteiger partial charge in [0.1, 0.15) is 0 Å². The topological polar surface area (TPSA) is 0 Å². The van der Waals surface area contributed by atoms with E-state index in [1.165, 1.54) is 11.1 Å². The molecule has 64 valence electrons. The average molecular weight is 290 g/mol. The third-order valence-corrected chi connectivity index (χ3v) is 2.84. The standard InChI is InChI=1S/C10H10Br2/c1-2-8(7-11)9-3-5-10(12)6-4-9/h2-6H,7H2,1H3/b8-2+. The zero-order chi connectivity index (χ0) is 8.97. The first-order valence-electron chi connectivity index (χ1n) is 3.75. The second-order valence-corrected chi connectivity index (χ2v) is 3.93. The predicted octanol–water partition coefficient (Wildman–Crippen LogP) is 4.25. The quantitative estimate of drug-likeness (QED) is 0.714. The molecule has 1 rings (SSSR count). The Balaban J connectivity index is 2.96. The first-order chi connectivity index (χ1) is 5.77. The highest BCUT2D eigenvalue weighted by Gasteiger charge is 1.97. The fraction of sp³-hybridized carbons (Fsp3) is 0.200. The Morgan fingerprint density at radius 1 is 1.33 bits per heavy atom. The van der Waals surface area contributed by atoms with Crippen molar-refractivity contribution in [2.75, 3.05) is 5.33 Å². The van der Waals surface area contributed by atoms with Crippen LogP contribution in [0, 0.1) is 0 Å². The third-order valence-electron chi connectivity index (χ3n) is 1.71. The Morgan fingerprint density at radius 3 is 2.33 bits per heavy atom. The van der Waals surface area contributed by atoms with Gasteiger partial charge in [-0.25, -0.2) is 0 Å². The van der Waals surface area contributed by atoms with Crippen molar-refractivity contribution in [2.45, 2.75) is 6.92 Å². The zero-order valence-corrected chi connectivity index (χ0v) is 10.0. The molecule has 0 atom stereocenters. The van der Waals surface area contributed by atoms with Crippen molar-refractivity contribution < 1.29 is 0 Å². The molecule has 0 unspecified atom stereocenters. The van der Waals surface area contributed by atoms with Gasteiger partial charge in [0.05, 0.1) is 0 Å². The summed E-state index contributed by atoms with van der Waals surface area (Å²) < 4.78 is 1.12. The predicted molar refractivity (Wildman–Crippen MR) is 61.6 cm³/mol. The molecule has 0 radical (unpaired) electrons. The molecule has 0 fully saturated rings. The van der Waals surface area contributed by atoms with Gasteiger partial charge in [-0.2, -0.15) is 0 Å². The molecule has 0 nitrogen and oxygen atoms in total. The van der Waals surface area contributed by atoms with Gasteiger partial charge in [0.15, 0.2) is 0 Å². The summed E-state index contributed by atoms with van der Waals surface area (Å²) in [5.41, 5.74) is 2.60. The van der Waals surface area contributed by atoms with Crippen molar-refractivity contribution in [1.29, 1.82) is 0 Å². The highest BCUT2D eigenvalue weighted by Crippen LogP contribution is 2.19. The summed E-state index contributed by atoms with van der Waals surface area (Å²) in [6.45, 7) is 2.05. The van der Waals surface area contributed by atoms with Crippen molar-refractivity contribution in [3.05, 3.63) is 40.4 Å². The van der Waals surface area contributed by atoms with Crippen LogP contribution in [0.3, 0.4) is 0 Å². The normalized spacial score (nSPS) is 11.8. The highest BCUT2D eigenvalue weighted by atomic mass is 79.9. The molecule has 0 saturated heterocycles. The Bertz CT molecular complexity index is 272. The van der Waals surface area contributed by atoms with Crippen LogP contribution in [-0.4, -0.2) is 5.33 Å². The summed E-state index contributed by atoms with van der Waals surface area (Å²) in [6.07, 6.45) is 2.12. The molecule has 0 amide bonds. The Morgan fingerprint density at radius 2 is 1.92 bits per heavy atom. The molecular formula is C10H10Br2. The fourth-order valence-corrected chi connectivity index (χ4v) is 1.90. The van der Waals surface area contributed by atoms with E-state index >= 15 is 0 Å². The number of hydrogen-bond donors (Lipinski definition) is 0. The molecular weight excluding hydrogens is 280 g/mol. The first-order valence-corrected chi connectivity index (χ1v) is 5.66. The molecule has 0 bridgehead atoms. The van der Waals surface area contributed by atoms with Crippen LogP contribution in [0.15, 0.2) is 34.8 Å². The van der Waals surface area contributed by atoms with Crippen LogP contribution < -0.4 is 0 Å². The van der Waals surface area contributed by atoms with Crippen LogP contribution in [0.2, 0.25) is 0 Å². The summed E-state index contributed by atoms with van der Waals surface area (Å²) in [5.74, 6) is 0. The average Bonchev–Trinajstić information content (AvgIpc) is 2.10. The largest absolute Gasteiger partial charge is 0.0876 e. The van der Waals surface area contributed by atoms with Gasteiger partial charge in [-0.15, -0.1) is 0 Å². The molecule has 2 heteroatoms. The highest BCUT2D eigenvalue weighted by molar-refractivity contribution is 9.10. The van der Waals surface area contributed by atoms with E-state index in [0.29, 0.717) is 0 Å². The monoisotopic (exact) mass is 288 g/mol. The minimum absolute atomic E-state index is 0.908. The van der Waals surface area contributed by atoms with Crippen molar-refractivity contribution in [2.24, 2.45) is 0 Å². The minimum Gasteiger partial charge on any atom is -0.0876 e. The number of hydrogen-bond acceptors (Lipinski definition) is 0. The maximum atomic E-state index is 3.45. The van der Waals surface area contributed by atoms with Crippen molar-refractivity contribution in [3.63, 3.8) is 0 Å². The maximum absolute atomic E-state index is 3.45. The van der Waals surface area contributed by atoms with Gasteiger partial charge >= 0.3 is 0 Å². The van der Waals surface area contributed by atoms with Crippen molar-refractivity contribution >= 4 is 37.4 Å². The number of rotatable bonds is 2. The summed E-state index contributed by atoms with van der Waals surface area (Å²) in [5, 5.41) is 0.908. The molecule has 0 saturated carbocycles. The number of allylic oxidation sites excluding steroid dienone is 2. The van der Waals surface area contributed by atoms with Gasteiger partial charge in [-0.3, -0.25) is 0 Å². The van der Waals surface area contributed by atoms with E-state index < -0.39 is 0 Å². The van der Waals surface area contributed by atoms with E-state index in [-0.39, 0.29) is 0 Å². The summed E-state index contributed by atoms with van der Waals surface area (Å²) >= 11 is 6.86. The van der Waals surface area contributed by atoms with Gasteiger partial charge in [-0.05, 0) is 30.2 Å². The van der Waals surface area contributed by atoms with Crippen LogP contribution in [0.25, 0.3) is 5.57 Å². The molecule has 0 aliphatic rings. The van der Waals surface area contributed by atoms with E-state index in [4.69, 9.17) is 0 Å². The second-order valence-electron chi connectivity index (χ2n) is 2.45. The lowest BCUT2D eigenvalue weighted by molar-refractivity contribution is 1.54. The molecule has 0 aliphatic heterocycles. The van der Waals surface area contributed by atoms with Gasteiger partial charge in [0.2, 0.25) is 0 Å². The van der Waals surface area contributed by atoms with Crippen LogP contribution in [-0.2, 0) is 0 Å². The number of benzene rings is 1. The van der Waals surface area contributed by atoms with Gasteiger partial charge in [0, 0.05) is 9.80 Å². The minimum atomic E-state index is 0.908. The lowest BCUT2D eigenvalue weighted by Gasteiger charge is -2.02. The van der Waals surface area contributed by atoms with E-state index in [1.807, 2.05) is 0 Å². The molecule has 0 heterocycles. The zero-order valence-electron chi connectivity index (χ0n) is 6.85. The summed E-state index contributed by atoms with van der Waals surface area (Å²) in [7, 11) is 0. The fourth-order valence-electron chi connectivity index (χ4n) is 0.985. The third kappa shape index (κ3) is 2.46. The lowest BCUT2D eigenvalue weighted by Crippen LogP contribution is -1.83. The SMILES string of the molecule is C/C=C(\CBr)c1ccc(Br)cc1. The second kappa shape index (κ2) is 4.83. The smallest absolute Gasteiger partial charge is 0.0285 e. The van der Waals surface area contributed by atoms with Crippen molar-refractivity contribution in [3.8, 4) is 0 Å². The van der Waals surface area contributed by atoms with Crippen LogP contribution >= 0.6 is 31.9 Å². The van der Waals surface area contributed by atoms with Gasteiger partial charge < -0.3 is 0 Å². The van der Waals surface area contributed by atoms with Crippen molar-refractivity contribution in [1.82, 2.24) is 0 Å². The van der Waals surface area contributed by atoms with Crippen LogP contribution in [0.1, 0.15) is 12.5 Å². The molecule has 0 aromatic heterocycles. The molecule has 12 heavy (non-hydrogen) atoms. The van der Waals surface area contributed by atoms with Gasteiger partial charge in [0.25, 0.3) is 0 Å². The summed E-state index contributed by atoms with van der Waals surface area (Å²) in [4.78, 5) is 0. The van der Waals surface area contributed by atoms with Crippen LogP contribution in [0.4, 0.5) is 0 Å². The lowest BCUT2D eigenvalue weighted by atomic mass is 10.1. The number of halogens is 2. The Labute approximate surface area is 89.9 Å². The van der Waals surface area contributed by atoms with Gasteiger partial charge in [-0.1, -0.05) is 50.1 Å². The molecule has 0 spiro atoms. The first kappa shape index (κ1) is 10.0. The van der Waals surface area contributed by atoms with E-state index in [1.54, 1.807) is 0 Å². The molecule has 0 N–H and O–H groups in total.